The number of nitrogens with one attached hydrogen (secondary N) is 1. The molecule has 0 aliphatic carbocycles. The second-order valence-electron chi connectivity index (χ2n) is 4.55. The van der Waals surface area contributed by atoms with Gasteiger partial charge in [-0.3, -0.25) is 10.1 Å². The Morgan fingerprint density at radius 1 is 1.38 bits per heavy atom. The van der Waals surface area contributed by atoms with Gasteiger partial charge < -0.3 is 5.32 Å². The lowest BCUT2D eigenvalue weighted by molar-refractivity contribution is -0.384. The zero-order valence-electron chi connectivity index (χ0n) is 11.6. The number of hydrogen-bond acceptors (Lipinski definition) is 6. The fourth-order valence-corrected chi connectivity index (χ4v) is 1.88. The minimum absolute atomic E-state index is 0.0315. The van der Waals surface area contributed by atoms with Gasteiger partial charge in [-0.25, -0.2) is 9.97 Å². The molecular formula is C14H13N5O2. The van der Waals surface area contributed by atoms with E-state index in [1.165, 1.54) is 12.1 Å². The van der Waals surface area contributed by atoms with Gasteiger partial charge in [0.2, 0.25) is 5.95 Å². The van der Waals surface area contributed by atoms with Crippen molar-refractivity contribution in [2.24, 2.45) is 0 Å². The zero-order chi connectivity index (χ0) is 15.4. The maximum absolute atomic E-state index is 10.8. The Labute approximate surface area is 121 Å². The number of aromatic nitrogens is 2. The fourth-order valence-electron chi connectivity index (χ4n) is 1.88. The molecule has 2 aromatic rings. The monoisotopic (exact) mass is 283 g/mol. The van der Waals surface area contributed by atoms with E-state index < -0.39 is 4.92 Å². The van der Waals surface area contributed by atoms with Crippen LogP contribution in [0.5, 0.6) is 0 Å². The summed E-state index contributed by atoms with van der Waals surface area (Å²) < 4.78 is 0. The largest absolute Gasteiger partial charge is 0.348 e. The Balaban J connectivity index is 2.24. The molecule has 1 N–H and O–H groups in total. The van der Waals surface area contributed by atoms with Gasteiger partial charge in [0.05, 0.1) is 11.0 Å². The van der Waals surface area contributed by atoms with Crippen LogP contribution in [0.1, 0.15) is 29.9 Å². The number of benzene rings is 1. The molecule has 0 aliphatic heterocycles. The molecule has 0 amide bonds. The SMILES string of the molecule is Cc1cc(C#N)nc(NC(C)c2cccc([N+](=O)[O-])c2)n1. The molecule has 21 heavy (non-hydrogen) atoms. The van der Waals surface area contributed by atoms with Crippen LogP contribution in [0.25, 0.3) is 0 Å². The van der Waals surface area contributed by atoms with Crippen molar-refractivity contribution < 1.29 is 4.92 Å². The lowest BCUT2D eigenvalue weighted by Crippen LogP contribution is -2.10. The first kappa shape index (κ1) is 14.4. The molecule has 0 spiro atoms. The first-order valence-electron chi connectivity index (χ1n) is 6.26. The maximum atomic E-state index is 10.8. The highest BCUT2D eigenvalue weighted by Gasteiger charge is 2.12. The number of nitriles is 1. The van der Waals surface area contributed by atoms with E-state index in [1.807, 2.05) is 13.0 Å². The molecule has 1 aromatic carbocycles. The Morgan fingerprint density at radius 3 is 2.81 bits per heavy atom. The first-order chi connectivity index (χ1) is 9.99. The van der Waals surface area contributed by atoms with Gasteiger partial charge in [0.25, 0.3) is 5.69 Å². The fraction of sp³-hybridized carbons (Fsp3) is 0.214. The lowest BCUT2D eigenvalue weighted by atomic mass is 10.1. The molecule has 0 bridgehead atoms. The van der Waals surface area contributed by atoms with Gasteiger partial charge in [0.1, 0.15) is 11.8 Å². The van der Waals surface area contributed by atoms with Gasteiger partial charge >= 0.3 is 0 Å². The topological polar surface area (TPSA) is 105 Å². The van der Waals surface area contributed by atoms with Gasteiger partial charge in [-0.15, -0.1) is 0 Å². The predicted octanol–water partition coefficient (Wildman–Crippen LogP) is 2.74. The Bertz CT molecular complexity index is 724. The summed E-state index contributed by atoms with van der Waals surface area (Å²) in [7, 11) is 0. The van der Waals surface area contributed by atoms with E-state index in [-0.39, 0.29) is 17.4 Å². The molecule has 0 saturated heterocycles. The number of non-ortho nitro benzene ring substituents is 1. The summed E-state index contributed by atoms with van der Waals surface area (Å²) in [6.07, 6.45) is 0. The number of rotatable bonds is 4. The molecule has 7 nitrogen and oxygen atoms in total. The smallest absolute Gasteiger partial charge is 0.269 e. The Hall–Kier alpha value is -3.01. The van der Waals surface area contributed by atoms with E-state index in [2.05, 4.69) is 15.3 Å². The van der Waals surface area contributed by atoms with E-state index in [0.29, 0.717) is 11.6 Å². The van der Waals surface area contributed by atoms with Crippen LogP contribution in [-0.2, 0) is 0 Å². The summed E-state index contributed by atoms with van der Waals surface area (Å²) in [5.74, 6) is 0.325. The van der Waals surface area contributed by atoms with Crippen molar-refractivity contribution in [1.82, 2.24) is 9.97 Å². The van der Waals surface area contributed by atoms with Gasteiger partial charge in [-0.05, 0) is 25.5 Å². The normalized spacial score (nSPS) is 11.5. The summed E-state index contributed by atoms with van der Waals surface area (Å²) in [5, 5.41) is 22.7. The molecule has 7 heteroatoms. The molecule has 0 radical (unpaired) electrons. The van der Waals surface area contributed by atoms with Crippen molar-refractivity contribution >= 4 is 11.6 Å². The summed E-state index contributed by atoms with van der Waals surface area (Å²) in [6, 6.07) is 9.68. The molecule has 1 unspecified atom stereocenters. The third-order valence-corrected chi connectivity index (χ3v) is 2.90. The molecule has 0 saturated carbocycles. The maximum Gasteiger partial charge on any atom is 0.269 e. The van der Waals surface area contributed by atoms with Crippen molar-refractivity contribution in [3.8, 4) is 6.07 Å². The van der Waals surface area contributed by atoms with Gasteiger partial charge in [0, 0.05) is 17.8 Å². The third kappa shape index (κ3) is 3.51. The highest BCUT2D eigenvalue weighted by molar-refractivity contribution is 5.40. The predicted molar refractivity (Wildman–Crippen MR) is 76.6 cm³/mol. The minimum Gasteiger partial charge on any atom is -0.348 e. The zero-order valence-corrected chi connectivity index (χ0v) is 11.6. The van der Waals surface area contributed by atoms with E-state index in [4.69, 9.17) is 5.26 Å². The van der Waals surface area contributed by atoms with Crippen LogP contribution in [0.15, 0.2) is 30.3 Å². The van der Waals surface area contributed by atoms with Crippen LogP contribution in [0.4, 0.5) is 11.6 Å². The highest BCUT2D eigenvalue weighted by atomic mass is 16.6. The van der Waals surface area contributed by atoms with E-state index in [1.54, 1.807) is 25.1 Å². The van der Waals surface area contributed by atoms with Crippen molar-refractivity contribution in [3.63, 3.8) is 0 Å². The average Bonchev–Trinajstić information content (AvgIpc) is 2.46. The second kappa shape index (κ2) is 5.96. The minimum atomic E-state index is -0.437. The van der Waals surface area contributed by atoms with Crippen molar-refractivity contribution in [2.45, 2.75) is 19.9 Å². The van der Waals surface area contributed by atoms with Crippen LogP contribution < -0.4 is 5.32 Å². The number of nitro groups is 1. The van der Waals surface area contributed by atoms with Crippen LogP contribution in [0.3, 0.4) is 0 Å². The second-order valence-corrected chi connectivity index (χ2v) is 4.55. The Morgan fingerprint density at radius 2 is 2.14 bits per heavy atom. The van der Waals surface area contributed by atoms with Crippen LogP contribution in [0, 0.1) is 28.4 Å². The van der Waals surface area contributed by atoms with Gasteiger partial charge in [-0.2, -0.15) is 5.26 Å². The summed E-state index contributed by atoms with van der Waals surface area (Å²) >= 11 is 0. The number of hydrogen-bond donors (Lipinski definition) is 1. The van der Waals surface area contributed by atoms with E-state index in [0.717, 1.165) is 5.56 Å². The van der Waals surface area contributed by atoms with Crippen LogP contribution >= 0.6 is 0 Å². The molecule has 1 aromatic heterocycles. The van der Waals surface area contributed by atoms with E-state index >= 15 is 0 Å². The highest BCUT2D eigenvalue weighted by Crippen LogP contribution is 2.21. The van der Waals surface area contributed by atoms with Gasteiger partial charge in [0.15, 0.2) is 0 Å². The van der Waals surface area contributed by atoms with Gasteiger partial charge in [-0.1, -0.05) is 12.1 Å². The molecule has 0 aliphatic rings. The lowest BCUT2D eigenvalue weighted by Gasteiger charge is -2.14. The number of nitrogens with zero attached hydrogens (tertiary/aromatic N) is 4. The summed E-state index contributed by atoms with van der Waals surface area (Å²) in [4.78, 5) is 18.6. The number of nitro benzene ring substituents is 1. The first-order valence-corrected chi connectivity index (χ1v) is 6.26. The molecular weight excluding hydrogens is 270 g/mol. The Kier molecular flexibility index (Phi) is 4.09. The number of aryl methyl sites for hydroxylation is 1. The molecule has 1 atom stereocenters. The van der Waals surface area contributed by atoms with E-state index in [9.17, 15) is 10.1 Å². The molecule has 1 heterocycles. The van der Waals surface area contributed by atoms with Crippen LogP contribution in [0.2, 0.25) is 0 Å². The van der Waals surface area contributed by atoms with Crippen LogP contribution in [-0.4, -0.2) is 14.9 Å². The average molecular weight is 283 g/mol. The number of anilines is 1. The van der Waals surface area contributed by atoms with Crippen molar-refractivity contribution in [3.05, 3.63) is 57.4 Å². The molecule has 0 fully saturated rings. The van der Waals surface area contributed by atoms with Crippen molar-refractivity contribution in [1.29, 1.82) is 5.26 Å². The van der Waals surface area contributed by atoms with Crippen molar-refractivity contribution in [2.75, 3.05) is 5.32 Å². The quantitative estimate of drug-likeness (QED) is 0.683. The summed E-state index contributed by atoms with van der Waals surface area (Å²) in [6.45, 7) is 3.61. The molecule has 106 valence electrons. The standard InChI is InChI=1S/C14H13N5O2/c1-9-6-12(8-15)18-14(16-9)17-10(2)11-4-3-5-13(7-11)19(20)21/h3-7,10H,1-2H3,(H,16,17,18). The molecule has 2 rings (SSSR count). The summed E-state index contributed by atoms with van der Waals surface area (Å²) in [5.41, 5.74) is 1.73. The third-order valence-electron chi connectivity index (χ3n) is 2.90.